The molecule has 0 aliphatic rings. The summed E-state index contributed by atoms with van der Waals surface area (Å²) < 4.78 is 37.2. The van der Waals surface area contributed by atoms with Gasteiger partial charge in [-0.3, -0.25) is 0 Å². The van der Waals surface area contributed by atoms with Gasteiger partial charge in [0.25, 0.3) is 0 Å². The van der Waals surface area contributed by atoms with E-state index in [4.69, 9.17) is 9.47 Å². The Hall–Kier alpha value is -1.57. The van der Waals surface area contributed by atoms with Gasteiger partial charge in [-0.2, -0.15) is 0 Å². The van der Waals surface area contributed by atoms with Crippen molar-refractivity contribution >= 4 is 21.4 Å². The molecule has 0 amide bonds. The van der Waals surface area contributed by atoms with Gasteiger partial charge in [0, 0.05) is 6.54 Å². The summed E-state index contributed by atoms with van der Waals surface area (Å²) in [5, 5.41) is 1.74. The van der Waals surface area contributed by atoms with Gasteiger partial charge in [-0.1, -0.05) is 12.1 Å². The summed E-state index contributed by atoms with van der Waals surface area (Å²) in [6.07, 6.45) is 0.574. The monoisotopic (exact) mass is 327 g/mol. The number of rotatable bonds is 7. The minimum atomic E-state index is -3.40. The lowest BCUT2D eigenvalue weighted by Crippen LogP contribution is -2.25. The van der Waals surface area contributed by atoms with Gasteiger partial charge in [-0.25, -0.2) is 13.1 Å². The molecule has 114 valence electrons. The van der Waals surface area contributed by atoms with Gasteiger partial charge in [-0.15, -0.1) is 11.3 Å². The molecule has 0 saturated carbocycles. The number of hydrogen-bond acceptors (Lipinski definition) is 5. The van der Waals surface area contributed by atoms with Crippen LogP contribution in [0.2, 0.25) is 0 Å². The van der Waals surface area contributed by atoms with E-state index in [1.807, 2.05) is 18.2 Å². The van der Waals surface area contributed by atoms with Crippen molar-refractivity contribution in [2.45, 2.75) is 10.6 Å². The van der Waals surface area contributed by atoms with Gasteiger partial charge in [0.05, 0.1) is 14.2 Å². The first kappa shape index (κ1) is 15.8. The van der Waals surface area contributed by atoms with E-state index >= 15 is 0 Å². The van der Waals surface area contributed by atoms with Crippen molar-refractivity contribution in [2.24, 2.45) is 0 Å². The minimum absolute atomic E-state index is 0.329. The van der Waals surface area contributed by atoms with Crippen LogP contribution >= 0.6 is 11.3 Å². The summed E-state index contributed by atoms with van der Waals surface area (Å²) in [5.74, 6) is 1.29. The van der Waals surface area contributed by atoms with E-state index in [2.05, 4.69) is 4.72 Å². The zero-order valence-electron chi connectivity index (χ0n) is 11.8. The van der Waals surface area contributed by atoms with E-state index < -0.39 is 10.0 Å². The summed E-state index contributed by atoms with van der Waals surface area (Å²) in [5.41, 5.74) is 0.974. The van der Waals surface area contributed by atoms with Crippen LogP contribution < -0.4 is 14.2 Å². The fourth-order valence-electron chi connectivity index (χ4n) is 1.85. The van der Waals surface area contributed by atoms with E-state index in [-0.39, 0.29) is 0 Å². The molecule has 0 spiro atoms. The maximum atomic E-state index is 12.0. The summed E-state index contributed by atoms with van der Waals surface area (Å²) in [4.78, 5) is 0. The van der Waals surface area contributed by atoms with Crippen LogP contribution in [-0.4, -0.2) is 29.2 Å². The highest BCUT2D eigenvalue weighted by Crippen LogP contribution is 2.27. The molecular weight excluding hydrogens is 310 g/mol. The maximum absolute atomic E-state index is 12.0. The number of sulfonamides is 1. The molecule has 0 bridgehead atoms. The van der Waals surface area contributed by atoms with Crippen LogP contribution in [-0.2, 0) is 16.4 Å². The average molecular weight is 327 g/mol. The molecule has 5 nitrogen and oxygen atoms in total. The van der Waals surface area contributed by atoms with Crippen LogP contribution in [0.4, 0.5) is 0 Å². The second kappa shape index (κ2) is 6.93. The topological polar surface area (TPSA) is 64.6 Å². The molecular formula is C14H17NO4S2. The number of ether oxygens (including phenoxy) is 2. The SMILES string of the molecule is COc1ccc(CCNS(=O)(=O)c2cccs2)cc1OC. The van der Waals surface area contributed by atoms with E-state index in [1.165, 1.54) is 11.3 Å². The molecule has 0 aliphatic carbocycles. The minimum Gasteiger partial charge on any atom is -0.493 e. The Labute approximate surface area is 128 Å². The van der Waals surface area contributed by atoms with Crippen molar-refractivity contribution in [3.8, 4) is 11.5 Å². The fourth-order valence-corrected chi connectivity index (χ4v) is 3.92. The van der Waals surface area contributed by atoms with Crippen LogP contribution in [0, 0.1) is 0 Å². The van der Waals surface area contributed by atoms with Gasteiger partial charge in [0.15, 0.2) is 11.5 Å². The van der Waals surface area contributed by atoms with Crippen molar-refractivity contribution in [1.82, 2.24) is 4.72 Å². The van der Waals surface area contributed by atoms with Crippen LogP contribution in [0.5, 0.6) is 11.5 Å². The summed E-state index contributed by atoms with van der Waals surface area (Å²) >= 11 is 1.20. The Morgan fingerprint density at radius 1 is 1.14 bits per heavy atom. The summed E-state index contributed by atoms with van der Waals surface area (Å²) in [6, 6.07) is 8.85. The second-order valence-electron chi connectivity index (χ2n) is 4.27. The molecule has 0 saturated heterocycles. The average Bonchev–Trinajstić information content (AvgIpc) is 3.02. The summed E-state index contributed by atoms with van der Waals surface area (Å²) in [7, 11) is -0.256. The quantitative estimate of drug-likeness (QED) is 0.847. The van der Waals surface area contributed by atoms with Crippen LogP contribution in [0.3, 0.4) is 0 Å². The molecule has 7 heteroatoms. The first-order valence-corrected chi connectivity index (χ1v) is 8.67. The molecule has 2 rings (SSSR count). The van der Waals surface area contributed by atoms with Crippen LogP contribution in [0.1, 0.15) is 5.56 Å². The third kappa shape index (κ3) is 3.96. The predicted molar refractivity (Wildman–Crippen MR) is 82.8 cm³/mol. The van der Waals surface area contributed by atoms with Gasteiger partial charge >= 0.3 is 0 Å². The lowest BCUT2D eigenvalue weighted by atomic mass is 10.1. The van der Waals surface area contributed by atoms with E-state index in [1.54, 1.807) is 31.7 Å². The third-order valence-electron chi connectivity index (χ3n) is 2.91. The number of thiophene rings is 1. The van der Waals surface area contributed by atoms with Crippen LogP contribution in [0.15, 0.2) is 39.9 Å². The largest absolute Gasteiger partial charge is 0.493 e. The predicted octanol–water partition coefficient (Wildman–Crippen LogP) is 2.29. The number of benzene rings is 1. The van der Waals surface area contributed by atoms with Crippen molar-refractivity contribution in [1.29, 1.82) is 0 Å². The number of nitrogens with one attached hydrogen (secondary N) is 1. The Morgan fingerprint density at radius 3 is 2.52 bits per heavy atom. The van der Waals surface area contributed by atoms with Gasteiger partial charge in [0.2, 0.25) is 10.0 Å². The Kier molecular flexibility index (Phi) is 5.22. The molecule has 0 fully saturated rings. The molecule has 0 radical (unpaired) electrons. The Balaban J connectivity index is 1.98. The highest BCUT2D eigenvalue weighted by Gasteiger charge is 2.14. The molecule has 1 aromatic heterocycles. The molecule has 21 heavy (non-hydrogen) atoms. The molecule has 0 aliphatic heterocycles. The van der Waals surface area contributed by atoms with Crippen molar-refractivity contribution < 1.29 is 17.9 Å². The van der Waals surface area contributed by atoms with Gasteiger partial charge in [0.1, 0.15) is 4.21 Å². The third-order valence-corrected chi connectivity index (χ3v) is 5.77. The molecule has 2 aromatic rings. The summed E-state index contributed by atoms with van der Waals surface area (Å²) in [6.45, 7) is 0.329. The first-order valence-electron chi connectivity index (χ1n) is 6.31. The number of methoxy groups -OCH3 is 2. The Morgan fingerprint density at radius 2 is 1.90 bits per heavy atom. The zero-order chi connectivity index (χ0) is 15.3. The van der Waals surface area contributed by atoms with E-state index in [0.29, 0.717) is 28.7 Å². The lowest BCUT2D eigenvalue weighted by molar-refractivity contribution is 0.354. The standard InChI is InChI=1S/C14H17NO4S2/c1-18-12-6-5-11(10-13(12)19-2)7-8-15-21(16,17)14-4-3-9-20-14/h3-6,9-10,15H,7-8H2,1-2H3. The first-order chi connectivity index (χ1) is 10.1. The van der Waals surface area contributed by atoms with Crippen molar-refractivity contribution in [3.63, 3.8) is 0 Å². The number of hydrogen-bond donors (Lipinski definition) is 1. The van der Waals surface area contributed by atoms with E-state index in [9.17, 15) is 8.42 Å². The Bertz CT molecular complexity index is 681. The second-order valence-corrected chi connectivity index (χ2v) is 7.21. The van der Waals surface area contributed by atoms with E-state index in [0.717, 1.165) is 5.56 Å². The lowest BCUT2D eigenvalue weighted by Gasteiger charge is -2.10. The smallest absolute Gasteiger partial charge is 0.250 e. The maximum Gasteiger partial charge on any atom is 0.250 e. The van der Waals surface area contributed by atoms with Crippen molar-refractivity contribution in [3.05, 3.63) is 41.3 Å². The molecule has 0 atom stereocenters. The molecule has 1 heterocycles. The van der Waals surface area contributed by atoms with Gasteiger partial charge < -0.3 is 9.47 Å². The van der Waals surface area contributed by atoms with Crippen LogP contribution in [0.25, 0.3) is 0 Å². The highest BCUT2D eigenvalue weighted by atomic mass is 32.2. The van der Waals surface area contributed by atoms with Crippen molar-refractivity contribution in [2.75, 3.05) is 20.8 Å². The van der Waals surface area contributed by atoms with Gasteiger partial charge in [-0.05, 0) is 35.6 Å². The zero-order valence-corrected chi connectivity index (χ0v) is 13.5. The fraction of sp³-hybridized carbons (Fsp3) is 0.286. The normalized spacial score (nSPS) is 11.3. The molecule has 1 aromatic carbocycles. The molecule has 0 unspecified atom stereocenters. The molecule has 1 N–H and O–H groups in total. The highest BCUT2D eigenvalue weighted by molar-refractivity contribution is 7.91.